The number of ether oxygens (including phenoxy) is 3. The first-order valence-corrected chi connectivity index (χ1v) is 13.5. The van der Waals surface area contributed by atoms with Gasteiger partial charge in [0.05, 0.1) is 54.9 Å². The first-order chi connectivity index (χ1) is 19.1. The van der Waals surface area contributed by atoms with Crippen molar-refractivity contribution >= 4 is 41.1 Å². The monoisotopic (exact) mass is 566 g/mol. The number of carbonyl (C=O) groups is 4. The van der Waals surface area contributed by atoms with E-state index in [1.165, 1.54) is 0 Å². The first kappa shape index (κ1) is 29.2. The summed E-state index contributed by atoms with van der Waals surface area (Å²) in [5, 5.41) is 0.372. The van der Waals surface area contributed by atoms with Crippen LogP contribution in [0.25, 0.3) is 0 Å². The molecule has 2 aliphatic rings. The molecule has 0 bridgehead atoms. The van der Waals surface area contributed by atoms with Crippen molar-refractivity contribution in [2.24, 2.45) is 10.9 Å². The summed E-state index contributed by atoms with van der Waals surface area (Å²) in [6.07, 6.45) is -0.380. The zero-order chi connectivity index (χ0) is 29.0. The predicted molar refractivity (Wildman–Crippen MR) is 148 cm³/mol. The van der Waals surface area contributed by atoms with Crippen molar-refractivity contribution in [2.75, 3.05) is 26.4 Å². The molecule has 4 rings (SSSR count). The van der Waals surface area contributed by atoms with E-state index in [1.54, 1.807) is 76.2 Å². The van der Waals surface area contributed by atoms with Crippen LogP contribution >= 0.6 is 11.6 Å². The summed E-state index contributed by atoms with van der Waals surface area (Å²) in [5.41, 5.74) is 2.12. The van der Waals surface area contributed by atoms with Crippen LogP contribution in [0.4, 0.5) is 0 Å². The lowest BCUT2D eigenvalue weighted by atomic mass is 9.75. The van der Waals surface area contributed by atoms with E-state index in [0.717, 1.165) is 4.90 Å². The van der Waals surface area contributed by atoms with E-state index in [2.05, 4.69) is 4.99 Å². The first-order valence-electron chi connectivity index (χ1n) is 13.1. The summed E-state index contributed by atoms with van der Waals surface area (Å²) in [7, 11) is 0. The lowest BCUT2D eigenvalue weighted by Crippen LogP contribution is -2.38. The lowest BCUT2D eigenvalue weighted by Gasteiger charge is -2.33. The molecule has 0 spiro atoms. The van der Waals surface area contributed by atoms with Gasteiger partial charge >= 0.3 is 11.9 Å². The maximum absolute atomic E-state index is 13.4. The number of rotatable bonds is 10. The number of imide groups is 1. The second-order valence-corrected chi connectivity index (χ2v) is 10.1. The molecule has 0 saturated heterocycles. The van der Waals surface area contributed by atoms with Gasteiger partial charge in [-0.15, -0.1) is 0 Å². The van der Waals surface area contributed by atoms with E-state index < -0.39 is 23.8 Å². The number of aliphatic imine (C=N–C) groups is 1. The standard InChI is InChI=1S/C30H31ClN2O7/c1-5-39-29(36)26-23(16-38-15-14-33-27(34)19-10-6-7-11-20(19)28(33)35)32-18(4)24(30(37)40-17(2)3)25(26)21-12-8-9-13-22(21)31/h6-13,17,24-25H,5,14-16H2,1-4H3. The Morgan fingerprint density at radius 2 is 1.65 bits per heavy atom. The highest BCUT2D eigenvalue weighted by Crippen LogP contribution is 2.42. The SMILES string of the molecule is CCOC(=O)C1=C(COCCN2C(=O)c3ccccc3C2=O)N=C(C)C(C(=O)OC(C)C)C1c1ccccc1Cl. The molecule has 0 aromatic heterocycles. The van der Waals surface area contributed by atoms with Crippen LogP contribution in [-0.2, 0) is 23.8 Å². The number of benzene rings is 2. The lowest BCUT2D eigenvalue weighted by molar-refractivity contribution is -0.150. The van der Waals surface area contributed by atoms with Gasteiger partial charge in [0.25, 0.3) is 11.8 Å². The molecule has 0 N–H and O–H groups in total. The van der Waals surface area contributed by atoms with Crippen molar-refractivity contribution in [3.63, 3.8) is 0 Å². The Balaban J connectivity index is 1.63. The number of hydrogen-bond donors (Lipinski definition) is 0. The van der Waals surface area contributed by atoms with Crippen LogP contribution in [0.1, 0.15) is 59.9 Å². The van der Waals surface area contributed by atoms with Crippen LogP contribution in [0.5, 0.6) is 0 Å². The number of carbonyl (C=O) groups excluding carboxylic acids is 4. The highest BCUT2D eigenvalue weighted by atomic mass is 35.5. The van der Waals surface area contributed by atoms with E-state index in [4.69, 9.17) is 25.8 Å². The zero-order valence-electron chi connectivity index (χ0n) is 22.8. The van der Waals surface area contributed by atoms with Gasteiger partial charge in [0.2, 0.25) is 0 Å². The minimum Gasteiger partial charge on any atom is -0.463 e. The number of nitrogens with zero attached hydrogens (tertiary/aromatic N) is 2. The van der Waals surface area contributed by atoms with Crippen LogP contribution in [0.2, 0.25) is 5.02 Å². The van der Waals surface area contributed by atoms with E-state index in [1.807, 2.05) is 0 Å². The second-order valence-electron chi connectivity index (χ2n) is 9.66. The molecule has 2 aliphatic heterocycles. The van der Waals surface area contributed by atoms with Crippen LogP contribution in [0.3, 0.4) is 0 Å². The fourth-order valence-electron chi connectivity index (χ4n) is 4.94. The van der Waals surface area contributed by atoms with Crippen molar-refractivity contribution in [1.82, 2.24) is 4.90 Å². The minimum atomic E-state index is -0.913. The number of fused-ring (bicyclic) bond motifs is 1. The van der Waals surface area contributed by atoms with Crippen molar-refractivity contribution in [1.29, 1.82) is 0 Å². The van der Waals surface area contributed by atoms with Gasteiger partial charge in [-0.05, 0) is 51.5 Å². The van der Waals surface area contributed by atoms with Crippen LogP contribution in [0.15, 0.2) is 64.8 Å². The van der Waals surface area contributed by atoms with Gasteiger partial charge in [-0.2, -0.15) is 0 Å². The average Bonchev–Trinajstić information content (AvgIpc) is 3.15. The molecule has 2 heterocycles. The average molecular weight is 567 g/mol. The third-order valence-corrected chi connectivity index (χ3v) is 6.98. The van der Waals surface area contributed by atoms with Gasteiger partial charge in [0.1, 0.15) is 5.92 Å². The summed E-state index contributed by atoms with van der Waals surface area (Å²) >= 11 is 6.57. The Morgan fingerprint density at radius 1 is 1.02 bits per heavy atom. The van der Waals surface area contributed by atoms with Gasteiger partial charge in [-0.25, -0.2) is 4.79 Å². The van der Waals surface area contributed by atoms with Gasteiger partial charge in [0, 0.05) is 16.7 Å². The minimum absolute atomic E-state index is 0.00915. The number of hydrogen-bond acceptors (Lipinski definition) is 8. The number of halogens is 1. The Morgan fingerprint density at radius 3 is 2.25 bits per heavy atom. The summed E-state index contributed by atoms with van der Waals surface area (Å²) in [6.45, 7) is 6.88. The largest absolute Gasteiger partial charge is 0.463 e. The molecule has 210 valence electrons. The quantitative estimate of drug-likeness (QED) is 0.235. The third-order valence-electron chi connectivity index (χ3n) is 6.63. The number of esters is 2. The molecule has 0 radical (unpaired) electrons. The highest BCUT2D eigenvalue weighted by Gasteiger charge is 2.44. The molecule has 2 aromatic carbocycles. The van der Waals surface area contributed by atoms with E-state index >= 15 is 0 Å². The molecule has 10 heteroatoms. The number of amides is 2. The third kappa shape index (κ3) is 5.85. The molecule has 0 aliphatic carbocycles. The Labute approximate surface area is 237 Å². The van der Waals surface area contributed by atoms with Crippen LogP contribution in [-0.4, -0.2) is 66.8 Å². The van der Waals surface area contributed by atoms with Crippen molar-refractivity contribution in [3.05, 3.63) is 81.5 Å². The van der Waals surface area contributed by atoms with E-state index in [0.29, 0.717) is 27.4 Å². The molecule has 2 amide bonds. The van der Waals surface area contributed by atoms with Gasteiger partial charge in [0.15, 0.2) is 0 Å². The molecular weight excluding hydrogens is 536 g/mol. The molecule has 40 heavy (non-hydrogen) atoms. The summed E-state index contributed by atoms with van der Waals surface area (Å²) in [4.78, 5) is 57.7. The molecule has 9 nitrogen and oxygen atoms in total. The Hall–Kier alpha value is -3.82. The molecule has 2 atom stereocenters. The molecule has 0 fully saturated rings. The highest BCUT2D eigenvalue weighted by molar-refractivity contribution is 6.31. The smallest absolute Gasteiger partial charge is 0.336 e. The molecular formula is C30H31ClN2O7. The van der Waals surface area contributed by atoms with Crippen LogP contribution in [0, 0.1) is 5.92 Å². The fourth-order valence-corrected chi connectivity index (χ4v) is 5.19. The maximum atomic E-state index is 13.4. The summed E-state index contributed by atoms with van der Waals surface area (Å²) in [5.74, 6) is -3.69. The summed E-state index contributed by atoms with van der Waals surface area (Å²) in [6, 6.07) is 13.6. The van der Waals surface area contributed by atoms with E-state index in [9.17, 15) is 19.2 Å². The van der Waals surface area contributed by atoms with E-state index in [-0.39, 0.29) is 55.6 Å². The van der Waals surface area contributed by atoms with Crippen molar-refractivity contribution < 1.29 is 33.4 Å². The molecule has 0 saturated carbocycles. The van der Waals surface area contributed by atoms with Crippen LogP contribution < -0.4 is 0 Å². The Bertz CT molecular complexity index is 1360. The summed E-state index contributed by atoms with van der Waals surface area (Å²) < 4.78 is 16.8. The normalized spacial score (nSPS) is 18.6. The van der Waals surface area contributed by atoms with Crippen molar-refractivity contribution in [2.45, 2.75) is 39.7 Å². The van der Waals surface area contributed by atoms with Gasteiger partial charge in [-0.1, -0.05) is 41.9 Å². The molecule has 2 unspecified atom stereocenters. The zero-order valence-corrected chi connectivity index (χ0v) is 23.6. The van der Waals surface area contributed by atoms with Gasteiger partial charge in [-0.3, -0.25) is 24.3 Å². The molecule has 2 aromatic rings. The Kier molecular flexibility index (Phi) is 9.17. The second kappa shape index (κ2) is 12.6. The maximum Gasteiger partial charge on any atom is 0.336 e. The topological polar surface area (TPSA) is 112 Å². The fraction of sp³-hybridized carbons (Fsp3) is 0.367. The van der Waals surface area contributed by atoms with Gasteiger partial charge < -0.3 is 14.2 Å². The predicted octanol–water partition coefficient (Wildman–Crippen LogP) is 4.60. The van der Waals surface area contributed by atoms with Crippen molar-refractivity contribution in [3.8, 4) is 0 Å².